The Hall–Kier alpha value is -3.32. The standard InChI is InChI=1S/C21H20ClN3O4/c1-14-17(20(22)25(24-14)15-8-4-3-5-9-15)13-29-19(26)12-23-21(27)16-10-6-7-11-18(16)28-2/h3-11H,12-13H2,1-2H3,(H,23,27). The lowest BCUT2D eigenvalue weighted by Crippen LogP contribution is -2.30. The minimum Gasteiger partial charge on any atom is -0.496 e. The van der Waals surface area contributed by atoms with Gasteiger partial charge in [0, 0.05) is 5.56 Å². The average molecular weight is 414 g/mol. The molecule has 3 rings (SSSR count). The summed E-state index contributed by atoms with van der Waals surface area (Å²) in [5.41, 5.74) is 2.41. The van der Waals surface area contributed by atoms with E-state index in [9.17, 15) is 9.59 Å². The van der Waals surface area contributed by atoms with Crippen molar-refractivity contribution in [1.29, 1.82) is 0 Å². The minimum absolute atomic E-state index is 0.0408. The number of hydrogen-bond acceptors (Lipinski definition) is 5. The Kier molecular flexibility index (Phi) is 6.51. The third kappa shape index (κ3) is 4.75. The number of hydrogen-bond donors (Lipinski definition) is 1. The molecule has 7 nitrogen and oxygen atoms in total. The van der Waals surface area contributed by atoms with Gasteiger partial charge in [-0.3, -0.25) is 9.59 Å². The SMILES string of the molecule is COc1ccccc1C(=O)NCC(=O)OCc1c(C)nn(-c2ccccc2)c1Cl. The second-order valence-electron chi connectivity index (χ2n) is 6.15. The van der Waals surface area contributed by atoms with E-state index < -0.39 is 11.9 Å². The van der Waals surface area contributed by atoms with Crippen LogP contribution in [0.1, 0.15) is 21.6 Å². The number of aryl methyl sites for hydroxylation is 1. The number of carbonyl (C=O) groups excluding carboxylic acids is 2. The van der Waals surface area contributed by atoms with E-state index in [1.165, 1.54) is 7.11 Å². The molecule has 2 aromatic carbocycles. The van der Waals surface area contributed by atoms with Crippen LogP contribution >= 0.6 is 11.6 Å². The van der Waals surface area contributed by atoms with Gasteiger partial charge in [-0.2, -0.15) is 5.10 Å². The van der Waals surface area contributed by atoms with E-state index in [0.717, 1.165) is 5.69 Å². The maximum Gasteiger partial charge on any atom is 0.325 e. The largest absolute Gasteiger partial charge is 0.496 e. The number of para-hydroxylation sites is 2. The highest BCUT2D eigenvalue weighted by Crippen LogP contribution is 2.24. The van der Waals surface area contributed by atoms with E-state index in [1.54, 1.807) is 35.9 Å². The molecule has 0 fully saturated rings. The predicted octanol–water partition coefficient (Wildman–Crippen LogP) is 3.32. The maximum absolute atomic E-state index is 12.2. The Morgan fingerprint density at radius 3 is 2.52 bits per heavy atom. The molecule has 3 aromatic rings. The summed E-state index contributed by atoms with van der Waals surface area (Å²) in [6, 6.07) is 16.2. The van der Waals surface area contributed by atoms with Crippen LogP contribution in [-0.2, 0) is 16.1 Å². The molecule has 0 spiro atoms. The molecular weight excluding hydrogens is 394 g/mol. The second-order valence-corrected chi connectivity index (χ2v) is 6.50. The van der Waals surface area contributed by atoms with E-state index in [1.807, 2.05) is 30.3 Å². The molecule has 0 aliphatic rings. The van der Waals surface area contributed by atoms with E-state index in [4.69, 9.17) is 21.1 Å². The fourth-order valence-electron chi connectivity index (χ4n) is 2.72. The van der Waals surface area contributed by atoms with Crippen molar-refractivity contribution in [2.75, 3.05) is 13.7 Å². The van der Waals surface area contributed by atoms with Crippen molar-refractivity contribution in [2.45, 2.75) is 13.5 Å². The molecule has 1 N–H and O–H groups in total. The predicted molar refractivity (Wildman–Crippen MR) is 108 cm³/mol. The van der Waals surface area contributed by atoms with Gasteiger partial charge >= 0.3 is 5.97 Å². The molecule has 0 saturated heterocycles. The zero-order valence-electron chi connectivity index (χ0n) is 16.0. The Morgan fingerprint density at radius 2 is 1.79 bits per heavy atom. The van der Waals surface area contributed by atoms with Gasteiger partial charge in [-0.1, -0.05) is 41.9 Å². The normalized spacial score (nSPS) is 10.4. The van der Waals surface area contributed by atoms with Crippen molar-refractivity contribution in [1.82, 2.24) is 15.1 Å². The number of aromatic nitrogens is 2. The number of carbonyl (C=O) groups is 2. The van der Waals surface area contributed by atoms with Crippen LogP contribution in [0.25, 0.3) is 5.69 Å². The summed E-state index contributed by atoms with van der Waals surface area (Å²) in [6.45, 7) is 1.47. The quantitative estimate of drug-likeness (QED) is 0.601. The Morgan fingerprint density at radius 1 is 1.10 bits per heavy atom. The van der Waals surface area contributed by atoms with Gasteiger partial charge in [-0.25, -0.2) is 4.68 Å². The number of nitrogens with one attached hydrogen (secondary N) is 1. The lowest BCUT2D eigenvalue weighted by atomic mass is 10.2. The third-order valence-corrected chi connectivity index (χ3v) is 4.63. The summed E-state index contributed by atoms with van der Waals surface area (Å²) in [5.74, 6) is -0.587. The number of nitrogens with zero attached hydrogens (tertiary/aromatic N) is 2. The van der Waals surface area contributed by atoms with Gasteiger partial charge in [0.15, 0.2) is 0 Å². The number of methoxy groups -OCH3 is 1. The van der Waals surface area contributed by atoms with E-state index >= 15 is 0 Å². The van der Waals surface area contributed by atoms with Crippen LogP contribution in [0, 0.1) is 6.92 Å². The van der Waals surface area contributed by atoms with Crippen LogP contribution in [-0.4, -0.2) is 35.3 Å². The number of ether oxygens (including phenoxy) is 2. The van der Waals surface area contributed by atoms with Crippen molar-refractivity contribution in [3.05, 3.63) is 76.6 Å². The van der Waals surface area contributed by atoms with Gasteiger partial charge in [0.1, 0.15) is 24.1 Å². The number of benzene rings is 2. The molecule has 0 aliphatic heterocycles. The summed E-state index contributed by atoms with van der Waals surface area (Å²) < 4.78 is 12.0. The average Bonchev–Trinajstić information content (AvgIpc) is 3.04. The molecule has 150 valence electrons. The zero-order valence-corrected chi connectivity index (χ0v) is 16.8. The van der Waals surface area contributed by atoms with Crippen LogP contribution in [0.4, 0.5) is 0 Å². The van der Waals surface area contributed by atoms with Crippen LogP contribution in [0.15, 0.2) is 54.6 Å². The molecule has 0 radical (unpaired) electrons. The highest BCUT2D eigenvalue weighted by Gasteiger charge is 2.17. The Labute approximate surface area is 173 Å². The maximum atomic E-state index is 12.2. The summed E-state index contributed by atoms with van der Waals surface area (Å²) in [7, 11) is 1.47. The van der Waals surface area contributed by atoms with E-state index in [0.29, 0.717) is 27.7 Å². The topological polar surface area (TPSA) is 82.4 Å². The van der Waals surface area contributed by atoms with Crippen molar-refractivity contribution in [2.24, 2.45) is 0 Å². The van der Waals surface area contributed by atoms with Gasteiger partial charge in [-0.05, 0) is 31.2 Å². The summed E-state index contributed by atoms with van der Waals surface area (Å²) in [4.78, 5) is 24.3. The molecular formula is C21H20ClN3O4. The fraction of sp³-hybridized carbons (Fsp3) is 0.190. The second kappa shape index (κ2) is 9.25. The Bertz CT molecular complexity index is 1020. The summed E-state index contributed by atoms with van der Waals surface area (Å²) >= 11 is 6.41. The van der Waals surface area contributed by atoms with Gasteiger partial charge in [0.2, 0.25) is 0 Å². The lowest BCUT2D eigenvalue weighted by Gasteiger charge is -2.09. The van der Waals surface area contributed by atoms with Crippen molar-refractivity contribution in [3.8, 4) is 11.4 Å². The molecule has 1 aromatic heterocycles. The highest BCUT2D eigenvalue weighted by molar-refractivity contribution is 6.30. The first-order valence-electron chi connectivity index (χ1n) is 8.87. The first-order chi connectivity index (χ1) is 14.0. The van der Waals surface area contributed by atoms with Crippen molar-refractivity contribution < 1.29 is 19.1 Å². The number of esters is 1. The van der Waals surface area contributed by atoms with Gasteiger partial charge in [0.25, 0.3) is 5.91 Å². The monoisotopic (exact) mass is 413 g/mol. The molecule has 1 heterocycles. The van der Waals surface area contributed by atoms with Crippen LogP contribution in [0.2, 0.25) is 5.15 Å². The molecule has 0 atom stereocenters. The molecule has 0 saturated carbocycles. The molecule has 29 heavy (non-hydrogen) atoms. The zero-order chi connectivity index (χ0) is 20.8. The van der Waals surface area contributed by atoms with Crippen LogP contribution < -0.4 is 10.1 Å². The van der Waals surface area contributed by atoms with Crippen LogP contribution in [0.5, 0.6) is 5.75 Å². The molecule has 0 bridgehead atoms. The van der Waals surface area contributed by atoms with Gasteiger partial charge in [0.05, 0.1) is 24.1 Å². The number of rotatable bonds is 7. The minimum atomic E-state index is -0.587. The first kappa shape index (κ1) is 20.4. The van der Waals surface area contributed by atoms with E-state index in [2.05, 4.69) is 10.4 Å². The molecule has 8 heteroatoms. The van der Waals surface area contributed by atoms with Crippen LogP contribution in [0.3, 0.4) is 0 Å². The fourth-order valence-corrected chi connectivity index (χ4v) is 3.05. The van der Waals surface area contributed by atoms with E-state index in [-0.39, 0.29) is 13.2 Å². The van der Waals surface area contributed by atoms with Crippen molar-refractivity contribution >= 4 is 23.5 Å². The third-order valence-electron chi connectivity index (χ3n) is 4.24. The lowest BCUT2D eigenvalue weighted by molar-refractivity contribution is -0.143. The van der Waals surface area contributed by atoms with Crippen molar-refractivity contribution in [3.63, 3.8) is 0 Å². The molecule has 0 aliphatic carbocycles. The first-order valence-corrected chi connectivity index (χ1v) is 9.25. The highest BCUT2D eigenvalue weighted by atomic mass is 35.5. The molecule has 0 unspecified atom stereocenters. The Balaban J connectivity index is 1.59. The summed E-state index contributed by atoms with van der Waals surface area (Å²) in [6.07, 6.45) is 0. The molecule has 1 amide bonds. The van der Waals surface area contributed by atoms with Gasteiger partial charge < -0.3 is 14.8 Å². The smallest absolute Gasteiger partial charge is 0.325 e. The summed E-state index contributed by atoms with van der Waals surface area (Å²) in [5, 5.41) is 7.30. The number of halogens is 1. The number of amides is 1. The van der Waals surface area contributed by atoms with Gasteiger partial charge in [-0.15, -0.1) is 0 Å².